The van der Waals surface area contributed by atoms with E-state index in [2.05, 4.69) is 27.0 Å². The van der Waals surface area contributed by atoms with Gasteiger partial charge in [0.1, 0.15) is 0 Å². The Hall–Kier alpha value is -0.550. The Morgan fingerprint density at radius 3 is 2.48 bits per heavy atom. The van der Waals surface area contributed by atoms with Crippen LogP contribution in [0, 0.1) is 5.41 Å². The molecule has 4 nitrogen and oxygen atoms in total. The van der Waals surface area contributed by atoms with E-state index < -0.39 is 0 Å². The highest BCUT2D eigenvalue weighted by molar-refractivity contribution is 5.85. The van der Waals surface area contributed by atoms with Crippen LogP contribution in [0.15, 0.2) is 24.5 Å². The molecule has 3 N–H and O–H groups in total. The third kappa shape index (κ3) is 6.11. The van der Waals surface area contributed by atoms with E-state index in [1.165, 1.54) is 51.6 Å². The Balaban J connectivity index is 0.00000132. The number of halogens is 2. The third-order valence-electron chi connectivity index (χ3n) is 5.26. The minimum Gasteiger partial charge on any atom is -0.383 e. The first-order chi connectivity index (χ1) is 10.4. The van der Waals surface area contributed by atoms with Crippen LogP contribution in [0.3, 0.4) is 0 Å². The number of hydrogen-bond acceptors (Lipinski definition) is 4. The molecule has 0 unspecified atom stereocenters. The minimum atomic E-state index is 0. The number of hydrogen-bond donors (Lipinski definition) is 3. The predicted octanol–water partition coefficient (Wildman–Crippen LogP) is 3.24. The highest BCUT2D eigenvalue weighted by Gasteiger charge is 2.35. The van der Waals surface area contributed by atoms with Gasteiger partial charge in [-0.3, -0.25) is 4.98 Å². The highest BCUT2D eigenvalue weighted by atomic mass is 35.5. The summed E-state index contributed by atoms with van der Waals surface area (Å²) in [6.45, 7) is 4.46. The highest BCUT2D eigenvalue weighted by Crippen LogP contribution is 2.43. The molecule has 1 aliphatic carbocycles. The fourth-order valence-electron chi connectivity index (χ4n) is 3.84. The zero-order valence-electron chi connectivity index (χ0n) is 13.7. The van der Waals surface area contributed by atoms with Crippen molar-refractivity contribution in [3.8, 4) is 0 Å². The lowest BCUT2D eigenvalue weighted by Crippen LogP contribution is -2.43. The first-order valence-electron chi connectivity index (χ1n) is 8.44. The molecule has 3 rings (SSSR count). The molecule has 1 saturated heterocycles. The van der Waals surface area contributed by atoms with E-state index in [0.29, 0.717) is 5.41 Å². The van der Waals surface area contributed by atoms with Gasteiger partial charge in [-0.05, 0) is 69.2 Å². The average Bonchev–Trinajstić information content (AvgIpc) is 2.55. The first-order valence-corrected chi connectivity index (χ1v) is 8.44. The molecule has 0 bridgehead atoms. The van der Waals surface area contributed by atoms with Crippen molar-refractivity contribution >= 4 is 30.5 Å². The fourth-order valence-corrected chi connectivity index (χ4v) is 3.84. The van der Waals surface area contributed by atoms with Crippen LogP contribution in [0.5, 0.6) is 0 Å². The minimum absolute atomic E-state index is 0. The van der Waals surface area contributed by atoms with E-state index in [-0.39, 0.29) is 24.8 Å². The number of pyridine rings is 1. The monoisotopic (exact) mass is 360 g/mol. The topological polar surface area (TPSA) is 49.0 Å². The molecular formula is C17H30Cl2N4. The summed E-state index contributed by atoms with van der Waals surface area (Å²) in [6, 6.07) is 4.75. The number of rotatable bonds is 5. The van der Waals surface area contributed by atoms with Crippen LogP contribution in [0.2, 0.25) is 0 Å². The first kappa shape index (κ1) is 20.5. The average molecular weight is 361 g/mol. The molecule has 132 valence electrons. The summed E-state index contributed by atoms with van der Waals surface area (Å²) < 4.78 is 0. The van der Waals surface area contributed by atoms with Crippen LogP contribution in [0.4, 0.5) is 5.69 Å². The van der Waals surface area contributed by atoms with Crippen LogP contribution in [0.25, 0.3) is 0 Å². The Morgan fingerprint density at radius 1 is 1.09 bits per heavy atom. The lowest BCUT2D eigenvalue weighted by atomic mass is 9.67. The Morgan fingerprint density at radius 2 is 1.83 bits per heavy atom. The van der Waals surface area contributed by atoms with Gasteiger partial charge in [0.15, 0.2) is 0 Å². The molecule has 2 heterocycles. The number of nitrogens with zero attached hydrogens (tertiary/aromatic N) is 1. The van der Waals surface area contributed by atoms with E-state index in [9.17, 15) is 0 Å². The molecule has 1 aliphatic heterocycles. The summed E-state index contributed by atoms with van der Waals surface area (Å²) in [4.78, 5) is 4.11. The maximum atomic E-state index is 4.11. The molecule has 0 aromatic carbocycles. The largest absolute Gasteiger partial charge is 0.383 e. The standard InChI is InChI=1S/C17H28N4.2ClH/c1-2-16(14-19-9-1)21-13-12-20-15-3-5-17(6-4-15)7-10-18-11-8-17;;/h1-2,9,14-15,18,20-21H,3-8,10-13H2;2*1H. The maximum Gasteiger partial charge on any atom is 0.0527 e. The Bertz CT molecular complexity index is 414. The third-order valence-corrected chi connectivity index (χ3v) is 5.26. The van der Waals surface area contributed by atoms with Gasteiger partial charge in [0.2, 0.25) is 0 Å². The molecule has 0 atom stereocenters. The van der Waals surface area contributed by atoms with Gasteiger partial charge in [-0.2, -0.15) is 0 Å². The molecule has 0 radical (unpaired) electrons. The molecule has 1 saturated carbocycles. The Kier molecular flexibility index (Phi) is 9.22. The van der Waals surface area contributed by atoms with E-state index in [1.807, 2.05) is 18.5 Å². The van der Waals surface area contributed by atoms with Crippen LogP contribution >= 0.6 is 24.8 Å². The van der Waals surface area contributed by atoms with Crippen molar-refractivity contribution in [2.45, 2.75) is 44.6 Å². The normalized spacial score (nSPS) is 20.3. The van der Waals surface area contributed by atoms with Crippen molar-refractivity contribution in [3.05, 3.63) is 24.5 Å². The van der Waals surface area contributed by atoms with E-state index in [1.54, 1.807) is 0 Å². The molecule has 1 spiro atoms. The quantitative estimate of drug-likeness (QED) is 0.705. The van der Waals surface area contributed by atoms with Gasteiger partial charge < -0.3 is 16.0 Å². The van der Waals surface area contributed by atoms with Gasteiger partial charge in [-0.15, -0.1) is 24.8 Å². The van der Waals surface area contributed by atoms with Crippen LogP contribution in [-0.4, -0.2) is 37.2 Å². The van der Waals surface area contributed by atoms with Gasteiger partial charge in [-0.25, -0.2) is 0 Å². The van der Waals surface area contributed by atoms with E-state index in [4.69, 9.17) is 0 Å². The van der Waals surface area contributed by atoms with Gasteiger partial charge in [0, 0.05) is 31.5 Å². The SMILES string of the molecule is Cl.Cl.c1cncc(NCCNC2CCC3(CCNCC3)CC2)c1. The second kappa shape index (κ2) is 10.3. The number of anilines is 1. The second-order valence-electron chi connectivity index (χ2n) is 6.65. The summed E-state index contributed by atoms with van der Waals surface area (Å²) in [7, 11) is 0. The van der Waals surface area contributed by atoms with Crippen LogP contribution in [0.1, 0.15) is 38.5 Å². The van der Waals surface area contributed by atoms with E-state index >= 15 is 0 Å². The summed E-state index contributed by atoms with van der Waals surface area (Å²) >= 11 is 0. The van der Waals surface area contributed by atoms with Crippen molar-refractivity contribution in [1.82, 2.24) is 15.6 Å². The van der Waals surface area contributed by atoms with Crippen molar-refractivity contribution in [2.24, 2.45) is 5.41 Å². The zero-order chi connectivity index (χ0) is 14.4. The lowest BCUT2D eigenvalue weighted by molar-refractivity contribution is 0.116. The van der Waals surface area contributed by atoms with Crippen molar-refractivity contribution in [2.75, 3.05) is 31.5 Å². The van der Waals surface area contributed by atoms with Gasteiger partial charge >= 0.3 is 0 Å². The smallest absolute Gasteiger partial charge is 0.0527 e. The molecule has 2 aliphatic rings. The molecule has 1 aromatic heterocycles. The van der Waals surface area contributed by atoms with Crippen LogP contribution < -0.4 is 16.0 Å². The molecular weight excluding hydrogens is 331 g/mol. The van der Waals surface area contributed by atoms with Gasteiger partial charge in [0.25, 0.3) is 0 Å². The molecule has 6 heteroatoms. The summed E-state index contributed by atoms with van der Waals surface area (Å²) in [6.07, 6.45) is 12.0. The maximum absolute atomic E-state index is 4.11. The predicted molar refractivity (Wildman–Crippen MR) is 102 cm³/mol. The fraction of sp³-hybridized carbons (Fsp3) is 0.706. The van der Waals surface area contributed by atoms with Gasteiger partial charge in [0.05, 0.1) is 5.69 Å². The van der Waals surface area contributed by atoms with Crippen molar-refractivity contribution in [1.29, 1.82) is 0 Å². The van der Waals surface area contributed by atoms with Crippen molar-refractivity contribution in [3.63, 3.8) is 0 Å². The van der Waals surface area contributed by atoms with Crippen molar-refractivity contribution < 1.29 is 0 Å². The lowest BCUT2D eigenvalue weighted by Gasteiger charge is -2.43. The number of aromatic nitrogens is 1. The van der Waals surface area contributed by atoms with E-state index in [0.717, 1.165) is 24.8 Å². The molecule has 0 amide bonds. The summed E-state index contributed by atoms with van der Waals surface area (Å²) in [5, 5.41) is 10.6. The summed E-state index contributed by atoms with van der Waals surface area (Å²) in [5.74, 6) is 0. The number of piperidine rings is 1. The zero-order valence-corrected chi connectivity index (χ0v) is 15.4. The van der Waals surface area contributed by atoms with Gasteiger partial charge in [-0.1, -0.05) is 0 Å². The number of nitrogens with one attached hydrogen (secondary N) is 3. The molecule has 2 fully saturated rings. The Labute approximate surface area is 152 Å². The molecule has 1 aromatic rings. The molecule has 23 heavy (non-hydrogen) atoms. The summed E-state index contributed by atoms with van der Waals surface area (Å²) in [5.41, 5.74) is 1.79. The second-order valence-corrected chi connectivity index (χ2v) is 6.65. The van der Waals surface area contributed by atoms with Crippen LogP contribution in [-0.2, 0) is 0 Å².